The Bertz CT molecular complexity index is 846. The van der Waals surface area contributed by atoms with E-state index in [1.807, 2.05) is 18.2 Å². The van der Waals surface area contributed by atoms with Crippen LogP contribution in [0.2, 0.25) is 0 Å². The number of amides is 1. The largest absolute Gasteiger partial charge is 0.493 e. The molecule has 0 heterocycles. The highest BCUT2D eigenvalue weighted by Gasteiger charge is 2.31. The van der Waals surface area contributed by atoms with Crippen molar-refractivity contribution in [3.8, 4) is 11.5 Å². The molecule has 1 aliphatic carbocycles. The molecule has 3 rings (SSSR count). The van der Waals surface area contributed by atoms with Crippen molar-refractivity contribution in [3.63, 3.8) is 0 Å². The smallest absolute Gasteiger partial charge is 0.339 e. The van der Waals surface area contributed by atoms with Crippen LogP contribution in [0.25, 0.3) is 0 Å². The number of rotatable bonds is 9. The van der Waals surface area contributed by atoms with E-state index < -0.39 is 12.1 Å². The molecule has 1 N–H and O–H groups in total. The molecule has 0 aromatic heterocycles. The number of carbonyl (C=O) groups is 2. The molecule has 0 saturated heterocycles. The number of benzene rings is 2. The summed E-state index contributed by atoms with van der Waals surface area (Å²) in [4.78, 5) is 25.4. The maximum absolute atomic E-state index is 12.8. The lowest BCUT2D eigenvalue weighted by Crippen LogP contribution is -2.33. The topological polar surface area (TPSA) is 73.9 Å². The van der Waals surface area contributed by atoms with Crippen molar-refractivity contribution in [3.05, 3.63) is 59.7 Å². The Kier molecular flexibility index (Phi) is 6.75. The number of ether oxygens (including phenoxy) is 3. The van der Waals surface area contributed by atoms with Crippen LogP contribution in [0.5, 0.6) is 11.5 Å². The molecule has 29 heavy (non-hydrogen) atoms. The molecular weight excluding hydrogens is 370 g/mol. The number of hydrogen-bond donors (Lipinski definition) is 1. The van der Waals surface area contributed by atoms with Gasteiger partial charge in [0.2, 0.25) is 6.10 Å². The average molecular weight is 397 g/mol. The van der Waals surface area contributed by atoms with E-state index in [-0.39, 0.29) is 11.9 Å². The van der Waals surface area contributed by atoms with Crippen molar-refractivity contribution in [1.82, 2.24) is 5.32 Å². The zero-order chi connectivity index (χ0) is 20.8. The van der Waals surface area contributed by atoms with Gasteiger partial charge >= 0.3 is 5.97 Å². The van der Waals surface area contributed by atoms with Gasteiger partial charge in [0.05, 0.1) is 19.3 Å². The van der Waals surface area contributed by atoms with Crippen molar-refractivity contribution < 1.29 is 23.8 Å². The Morgan fingerprint density at radius 2 is 1.79 bits per heavy atom. The first kappa shape index (κ1) is 20.7. The van der Waals surface area contributed by atoms with E-state index in [9.17, 15) is 9.59 Å². The molecule has 154 valence electrons. The van der Waals surface area contributed by atoms with Crippen molar-refractivity contribution in [2.45, 2.75) is 38.8 Å². The first-order chi connectivity index (χ1) is 14.0. The first-order valence-corrected chi connectivity index (χ1v) is 9.85. The van der Waals surface area contributed by atoms with Gasteiger partial charge in [-0.1, -0.05) is 44.2 Å². The minimum absolute atomic E-state index is 0.171. The molecule has 6 nitrogen and oxygen atoms in total. The van der Waals surface area contributed by atoms with Crippen LogP contribution in [-0.4, -0.2) is 31.6 Å². The molecule has 0 radical (unpaired) electrons. The summed E-state index contributed by atoms with van der Waals surface area (Å²) < 4.78 is 16.7. The number of methoxy groups -OCH3 is 1. The summed E-state index contributed by atoms with van der Waals surface area (Å²) in [6.45, 7) is 4.64. The average Bonchev–Trinajstić information content (AvgIpc) is 3.54. The van der Waals surface area contributed by atoms with Gasteiger partial charge in [-0.2, -0.15) is 0 Å². The summed E-state index contributed by atoms with van der Waals surface area (Å²) in [5, 5.41) is 2.91. The highest BCUT2D eigenvalue weighted by molar-refractivity contribution is 5.93. The molecule has 2 aromatic rings. The summed E-state index contributed by atoms with van der Waals surface area (Å²) in [6, 6.07) is 14.0. The zero-order valence-corrected chi connectivity index (χ0v) is 17.0. The summed E-state index contributed by atoms with van der Waals surface area (Å²) in [6.07, 6.45) is 0.902. The van der Waals surface area contributed by atoms with Gasteiger partial charge in [0, 0.05) is 11.6 Å². The number of carbonyl (C=O) groups excluding carboxylic acids is 2. The zero-order valence-electron chi connectivity index (χ0n) is 17.0. The van der Waals surface area contributed by atoms with Crippen LogP contribution in [0, 0.1) is 5.92 Å². The summed E-state index contributed by atoms with van der Waals surface area (Å²) in [5.41, 5.74) is 0.918. The molecule has 2 aromatic carbocycles. The van der Waals surface area contributed by atoms with E-state index in [0.717, 1.165) is 12.8 Å². The molecule has 6 heteroatoms. The second-order valence-electron chi connectivity index (χ2n) is 7.55. The minimum Gasteiger partial charge on any atom is -0.493 e. The van der Waals surface area contributed by atoms with Crippen LogP contribution in [0.15, 0.2) is 48.5 Å². The van der Waals surface area contributed by atoms with Gasteiger partial charge in [-0.25, -0.2) is 4.79 Å². The van der Waals surface area contributed by atoms with Crippen LogP contribution in [-0.2, 0) is 9.53 Å². The fraction of sp³-hybridized carbons (Fsp3) is 0.391. The molecule has 1 amide bonds. The lowest BCUT2D eigenvalue weighted by atomic mass is 10.1. The van der Waals surface area contributed by atoms with Crippen LogP contribution in [0.4, 0.5) is 0 Å². The van der Waals surface area contributed by atoms with Gasteiger partial charge in [-0.15, -0.1) is 0 Å². The van der Waals surface area contributed by atoms with Gasteiger partial charge < -0.3 is 19.5 Å². The SMILES string of the molecule is COc1cc(C(=O)O[C@H](C(=O)NC2CC2)c2ccccc2)ccc1OCC(C)C. The van der Waals surface area contributed by atoms with Gasteiger partial charge in [-0.05, 0) is 37.0 Å². The molecule has 0 spiro atoms. The van der Waals surface area contributed by atoms with E-state index in [4.69, 9.17) is 14.2 Å². The van der Waals surface area contributed by atoms with Gasteiger partial charge in [0.15, 0.2) is 11.5 Å². The third-order valence-electron chi connectivity index (χ3n) is 4.46. The lowest BCUT2D eigenvalue weighted by Gasteiger charge is -2.18. The van der Waals surface area contributed by atoms with Gasteiger partial charge in [0.25, 0.3) is 5.91 Å². The molecule has 1 saturated carbocycles. The van der Waals surface area contributed by atoms with E-state index in [0.29, 0.717) is 35.2 Å². The second kappa shape index (κ2) is 9.45. The monoisotopic (exact) mass is 397 g/mol. The van der Waals surface area contributed by atoms with Crippen LogP contribution in [0.1, 0.15) is 48.7 Å². The van der Waals surface area contributed by atoms with E-state index in [1.165, 1.54) is 7.11 Å². The van der Waals surface area contributed by atoms with E-state index in [1.54, 1.807) is 30.3 Å². The van der Waals surface area contributed by atoms with Crippen LogP contribution in [0.3, 0.4) is 0 Å². The minimum atomic E-state index is -1.01. The lowest BCUT2D eigenvalue weighted by molar-refractivity contribution is -0.130. The summed E-state index contributed by atoms with van der Waals surface area (Å²) in [5.74, 6) is 0.456. The summed E-state index contributed by atoms with van der Waals surface area (Å²) >= 11 is 0. The van der Waals surface area contributed by atoms with Crippen molar-refractivity contribution in [1.29, 1.82) is 0 Å². The van der Waals surface area contributed by atoms with Crippen LogP contribution >= 0.6 is 0 Å². The molecule has 0 bridgehead atoms. The van der Waals surface area contributed by atoms with E-state index in [2.05, 4.69) is 19.2 Å². The number of hydrogen-bond acceptors (Lipinski definition) is 5. The van der Waals surface area contributed by atoms with Crippen molar-refractivity contribution in [2.24, 2.45) is 5.92 Å². The standard InChI is InChI=1S/C23H27NO5/c1-15(2)14-28-19-12-9-17(13-20(19)27-3)23(26)29-21(16-7-5-4-6-8-16)22(25)24-18-10-11-18/h4-9,12-13,15,18,21H,10-11,14H2,1-3H3,(H,24,25)/t21-/m0/s1. The predicted octanol–water partition coefficient (Wildman–Crippen LogP) is 3.91. The van der Waals surface area contributed by atoms with E-state index >= 15 is 0 Å². The van der Waals surface area contributed by atoms with Crippen molar-refractivity contribution >= 4 is 11.9 Å². The van der Waals surface area contributed by atoms with Gasteiger partial charge in [0.1, 0.15) is 0 Å². The first-order valence-electron chi connectivity index (χ1n) is 9.85. The Morgan fingerprint density at radius 3 is 2.41 bits per heavy atom. The highest BCUT2D eigenvalue weighted by atomic mass is 16.5. The van der Waals surface area contributed by atoms with Crippen LogP contribution < -0.4 is 14.8 Å². The number of nitrogens with one attached hydrogen (secondary N) is 1. The predicted molar refractivity (Wildman–Crippen MR) is 109 cm³/mol. The molecule has 1 aliphatic rings. The highest BCUT2D eigenvalue weighted by Crippen LogP contribution is 2.30. The molecular formula is C23H27NO5. The maximum atomic E-state index is 12.8. The molecule has 0 unspecified atom stereocenters. The fourth-order valence-corrected chi connectivity index (χ4v) is 2.75. The molecule has 0 aliphatic heterocycles. The van der Waals surface area contributed by atoms with Crippen molar-refractivity contribution in [2.75, 3.05) is 13.7 Å². The third-order valence-corrected chi connectivity index (χ3v) is 4.46. The Hall–Kier alpha value is -3.02. The summed E-state index contributed by atoms with van der Waals surface area (Å²) in [7, 11) is 1.52. The van der Waals surface area contributed by atoms with Gasteiger partial charge in [-0.3, -0.25) is 4.79 Å². The third kappa shape index (κ3) is 5.73. The number of esters is 1. The normalized spacial score (nSPS) is 14.2. The Morgan fingerprint density at radius 1 is 1.07 bits per heavy atom. The molecule has 1 atom stereocenters. The Balaban J connectivity index is 1.77. The fourth-order valence-electron chi connectivity index (χ4n) is 2.75. The Labute approximate surface area is 171 Å². The molecule has 1 fully saturated rings. The maximum Gasteiger partial charge on any atom is 0.339 e. The second-order valence-corrected chi connectivity index (χ2v) is 7.55. The quantitative estimate of drug-likeness (QED) is 0.650.